The molecule has 112 valence electrons. The minimum absolute atomic E-state index is 0.490. The summed E-state index contributed by atoms with van der Waals surface area (Å²) in [4.78, 5) is 4.34. The fourth-order valence-electron chi connectivity index (χ4n) is 1.68. The summed E-state index contributed by atoms with van der Waals surface area (Å²) in [5.41, 5.74) is 0.904. The van der Waals surface area contributed by atoms with Crippen LogP contribution in [-0.2, 0) is 4.74 Å². The van der Waals surface area contributed by atoms with Gasteiger partial charge in [-0.15, -0.1) is 5.10 Å². The van der Waals surface area contributed by atoms with Crippen molar-refractivity contribution in [1.82, 2.24) is 15.2 Å². The zero-order valence-electron chi connectivity index (χ0n) is 12.2. The summed E-state index contributed by atoms with van der Waals surface area (Å²) in [7, 11) is 3.32. The molecule has 1 aromatic heterocycles. The Bertz CT molecular complexity index is 547. The highest BCUT2D eigenvalue weighted by Gasteiger charge is 2.01. The maximum absolute atomic E-state index is 5.12. The first-order valence-corrected chi connectivity index (χ1v) is 6.65. The average Bonchev–Trinajstić information content (AvgIpc) is 2.53. The van der Waals surface area contributed by atoms with Gasteiger partial charge in [-0.3, -0.25) is 0 Å². The Morgan fingerprint density at radius 2 is 1.95 bits per heavy atom. The Morgan fingerprint density at radius 3 is 2.67 bits per heavy atom. The van der Waals surface area contributed by atoms with Crippen LogP contribution in [0.25, 0.3) is 0 Å². The predicted molar refractivity (Wildman–Crippen MR) is 81.1 cm³/mol. The summed E-state index contributed by atoms with van der Waals surface area (Å²) in [5.74, 6) is 1.93. The van der Waals surface area contributed by atoms with Crippen molar-refractivity contribution in [3.63, 3.8) is 0 Å². The van der Waals surface area contributed by atoms with E-state index in [1.54, 1.807) is 20.4 Å². The van der Waals surface area contributed by atoms with Crippen LogP contribution in [0.5, 0.6) is 5.75 Å². The summed E-state index contributed by atoms with van der Waals surface area (Å²) >= 11 is 0. The molecule has 0 atom stereocenters. The van der Waals surface area contributed by atoms with E-state index in [2.05, 4.69) is 25.8 Å². The number of benzene rings is 1. The third-order valence-electron chi connectivity index (χ3n) is 2.73. The van der Waals surface area contributed by atoms with Crippen LogP contribution in [0, 0.1) is 0 Å². The molecule has 1 heterocycles. The average molecular weight is 289 g/mol. The van der Waals surface area contributed by atoms with Crippen LogP contribution in [0.3, 0.4) is 0 Å². The molecule has 0 aliphatic rings. The van der Waals surface area contributed by atoms with Crippen molar-refractivity contribution in [2.24, 2.45) is 0 Å². The van der Waals surface area contributed by atoms with Gasteiger partial charge in [0.25, 0.3) is 0 Å². The Morgan fingerprint density at radius 1 is 1.14 bits per heavy atom. The SMILES string of the molecule is COCCCNc1nncc(Nc2ccc(OC)cc2)n1. The van der Waals surface area contributed by atoms with E-state index >= 15 is 0 Å². The summed E-state index contributed by atoms with van der Waals surface area (Å²) in [5, 5.41) is 14.1. The lowest BCUT2D eigenvalue weighted by atomic mass is 10.3. The maximum atomic E-state index is 5.12. The third-order valence-corrected chi connectivity index (χ3v) is 2.73. The van der Waals surface area contributed by atoms with Gasteiger partial charge in [0.05, 0.1) is 13.3 Å². The summed E-state index contributed by atoms with van der Waals surface area (Å²) in [6.45, 7) is 1.44. The van der Waals surface area contributed by atoms with E-state index in [1.165, 1.54) is 0 Å². The Labute approximate surface area is 123 Å². The molecule has 7 nitrogen and oxygen atoms in total. The van der Waals surface area contributed by atoms with Crippen molar-refractivity contribution in [2.45, 2.75) is 6.42 Å². The largest absolute Gasteiger partial charge is 0.497 e. The maximum Gasteiger partial charge on any atom is 0.244 e. The predicted octanol–water partition coefficient (Wildman–Crippen LogP) is 2.07. The van der Waals surface area contributed by atoms with Gasteiger partial charge in [0, 0.05) is 25.9 Å². The molecule has 7 heteroatoms. The molecule has 21 heavy (non-hydrogen) atoms. The van der Waals surface area contributed by atoms with Gasteiger partial charge in [-0.1, -0.05) is 0 Å². The number of aromatic nitrogens is 3. The van der Waals surface area contributed by atoms with Crippen molar-refractivity contribution >= 4 is 17.5 Å². The highest BCUT2D eigenvalue weighted by Crippen LogP contribution is 2.18. The molecular weight excluding hydrogens is 270 g/mol. The molecule has 1 aromatic carbocycles. The monoisotopic (exact) mass is 289 g/mol. The topological polar surface area (TPSA) is 81.2 Å². The number of nitrogens with zero attached hydrogens (tertiary/aromatic N) is 3. The molecule has 0 unspecified atom stereocenters. The first kappa shape index (κ1) is 15.0. The zero-order chi connectivity index (χ0) is 14.9. The van der Waals surface area contributed by atoms with Crippen molar-refractivity contribution in [2.75, 3.05) is 38.0 Å². The normalized spacial score (nSPS) is 10.2. The fourth-order valence-corrected chi connectivity index (χ4v) is 1.68. The lowest BCUT2D eigenvalue weighted by Gasteiger charge is -2.08. The Hall–Kier alpha value is -2.41. The first-order chi connectivity index (χ1) is 10.3. The molecule has 0 fully saturated rings. The van der Waals surface area contributed by atoms with Crippen molar-refractivity contribution < 1.29 is 9.47 Å². The number of nitrogens with one attached hydrogen (secondary N) is 2. The van der Waals surface area contributed by atoms with Crippen LogP contribution in [0.4, 0.5) is 17.5 Å². The van der Waals surface area contributed by atoms with Crippen LogP contribution >= 0.6 is 0 Å². The van der Waals surface area contributed by atoms with Gasteiger partial charge in [0.1, 0.15) is 5.75 Å². The highest BCUT2D eigenvalue weighted by molar-refractivity contribution is 5.57. The quantitative estimate of drug-likeness (QED) is 0.720. The van der Waals surface area contributed by atoms with Gasteiger partial charge in [-0.2, -0.15) is 10.1 Å². The van der Waals surface area contributed by atoms with Gasteiger partial charge < -0.3 is 20.1 Å². The molecule has 0 aliphatic heterocycles. The molecule has 0 radical (unpaired) electrons. The lowest BCUT2D eigenvalue weighted by Crippen LogP contribution is -2.09. The van der Waals surface area contributed by atoms with Gasteiger partial charge in [-0.05, 0) is 30.7 Å². The molecule has 0 amide bonds. The van der Waals surface area contributed by atoms with E-state index in [-0.39, 0.29) is 0 Å². The molecule has 0 bridgehead atoms. The van der Waals surface area contributed by atoms with E-state index in [9.17, 15) is 0 Å². The third kappa shape index (κ3) is 4.88. The minimum Gasteiger partial charge on any atom is -0.497 e. The van der Waals surface area contributed by atoms with Crippen LogP contribution < -0.4 is 15.4 Å². The van der Waals surface area contributed by atoms with Crippen molar-refractivity contribution in [3.8, 4) is 5.75 Å². The molecule has 2 N–H and O–H groups in total. The first-order valence-electron chi connectivity index (χ1n) is 6.65. The fraction of sp³-hybridized carbons (Fsp3) is 0.357. The number of hydrogen-bond acceptors (Lipinski definition) is 7. The molecule has 0 saturated heterocycles. The molecule has 2 aromatic rings. The second kappa shape index (κ2) is 8.01. The molecule has 0 saturated carbocycles. The van der Waals surface area contributed by atoms with Crippen molar-refractivity contribution in [3.05, 3.63) is 30.5 Å². The van der Waals surface area contributed by atoms with Crippen LogP contribution in [0.2, 0.25) is 0 Å². The smallest absolute Gasteiger partial charge is 0.244 e. The minimum atomic E-state index is 0.490. The van der Waals surface area contributed by atoms with Crippen LogP contribution in [-0.4, -0.2) is 42.6 Å². The summed E-state index contributed by atoms with van der Waals surface area (Å²) < 4.78 is 10.1. The Balaban J connectivity index is 1.93. The molecule has 0 aliphatic carbocycles. The van der Waals surface area contributed by atoms with Crippen molar-refractivity contribution in [1.29, 1.82) is 0 Å². The van der Waals surface area contributed by atoms with Gasteiger partial charge >= 0.3 is 0 Å². The molecule has 0 spiro atoms. The van der Waals surface area contributed by atoms with E-state index in [4.69, 9.17) is 9.47 Å². The second-order valence-corrected chi connectivity index (χ2v) is 4.29. The standard InChI is InChI=1S/C14H19N5O2/c1-20-9-3-8-15-14-18-13(10-16-19-14)17-11-4-6-12(21-2)7-5-11/h4-7,10H,3,8-9H2,1-2H3,(H2,15,17,18,19). The molecular formula is C14H19N5O2. The lowest BCUT2D eigenvalue weighted by molar-refractivity contribution is 0.197. The molecule has 2 rings (SSSR count). The number of rotatable bonds is 8. The highest BCUT2D eigenvalue weighted by atomic mass is 16.5. The number of ether oxygens (including phenoxy) is 2. The van der Waals surface area contributed by atoms with E-state index in [0.29, 0.717) is 18.4 Å². The van der Waals surface area contributed by atoms with Gasteiger partial charge in [-0.25, -0.2) is 0 Å². The van der Waals surface area contributed by atoms with Gasteiger partial charge in [0.2, 0.25) is 5.95 Å². The van der Waals surface area contributed by atoms with E-state index < -0.39 is 0 Å². The summed E-state index contributed by atoms with van der Waals surface area (Å²) in [6, 6.07) is 7.57. The van der Waals surface area contributed by atoms with E-state index in [0.717, 1.165) is 24.4 Å². The van der Waals surface area contributed by atoms with E-state index in [1.807, 2.05) is 24.3 Å². The zero-order valence-corrected chi connectivity index (χ0v) is 12.2. The number of hydrogen-bond donors (Lipinski definition) is 2. The second-order valence-electron chi connectivity index (χ2n) is 4.29. The number of methoxy groups -OCH3 is 2. The Kier molecular flexibility index (Phi) is 5.71. The number of anilines is 3. The van der Waals surface area contributed by atoms with Crippen LogP contribution in [0.1, 0.15) is 6.42 Å². The van der Waals surface area contributed by atoms with Gasteiger partial charge in [0.15, 0.2) is 5.82 Å². The summed E-state index contributed by atoms with van der Waals surface area (Å²) in [6.07, 6.45) is 2.46. The van der Waals surface area contributed by atoms with Crippen LogP contribution in [0.15, 0.2) is 30.5 Å².